The molecular formula is C10H8N2O3. The van der Waals surface area contributed by atoms with Crippen molar-refractivity contribution in [3.05, 3.63) is 42.4 Å². The molecule has 0 aliphatic heterocycles. The van der Waals surface area contributed by atoms with Crippen LogP contribution in [0, 0.1) is 0 Å². The molecule has 1 amide bonds. The van der Waals surface area contributed by atoms with Gasteiger partial charge in [-0.15, -0.1) is 0 Å². The molecule has 0 fully saturated rings. The van der Waals surface area contributed by atoms with Gasteiger partial charge < -0.3 is 14.9 Å². The van der Waals surface area contributed by atoms with Crippen LogP contribution >= 0.6 is 0 Å². The van der Waals surface area contributed by atoms with Crippen molar-refractivity contribution in [3.63, 3.8) is 0 Å². The maximum atomic E-state index is 10.8. The Morgan fingerprint density at radius 1 is 1.33 bits per heavy atom. The van der Waals surface area contributed by atoms with Gasteiger partial charge in [-0.2, -0.15) is 0 Å². The van der Waals surface area contributed by atoms with Gasteiger partial charge in [-0.25, -0.2) is 4.98 Å². The number of nitrogens with two attached hydrogens (primary N) is 1. The highest BCUT2D eigenvalue weighted by molar-refractivity contribution is 5.92. The third kappa shape index (κ3) is 2.14. The lowest BCUT2D eigenvalue weighted by Gasteiger charge is -2.01. The Bertz CT molecular complexity index is 448. The summed E-state index contributed by atoms with van der Waals surface area (Å²) in [5, 5.41) is 0. The second-order valence-corrected chi connectivity index (χ2v) is 2.81. The van der Waals surface area contributed by atoms with Crippen LogP contribution < -0.4 is 10.5 Å². The van der Waals surface area contributed by atoms with Crippen molar-refractivity contribution in [2.45, 2.75) is 0 Å². The van der Waals surface area contributed by atoms with Crippen LogP contribution in [-0.4, -0.2) is 10.9 Å². The summed E-state index contributed by atoms with van der Waals surface area (Å²) >= 11 is 0. The summed E-state index contributed by atoms with van der Waals surface area (Å²) in [5.74, 6) is 0.375. The molecule has 0 aliphatic carbocycles. The van der Waals surface area contributed by atoms with E-state index in [1.165, 1.54) is 12.6 Å². The van der Waals surface area contributed by atoms with Crippen LogP contribution in [0.5, 0.6) is 11.7 Å². The topological polar surface area (TPSA) is 78.4 Å². The lowest BCUT2D eigenvalue weighted by Crippen LogP contribution is -2.10. The molecule has 2 rings (SSSR count). The molecule has 1 heterocycles. The molecule has 5 heteroatoms. The number of aromatic nitrogens is 1. The van der Waals surface area contributed by atoms with Crippen molar-refractivity contribution >= 4 is 5.91 Å². The zero-order chi connectivity index (χ0) is 10.7. The number of benzene rings is 1. The highest BCUT2D eigenvalue weighted by atomic mass is 16.6. The van der Waals surface area contributed by atoms with Gasteiger partial charge in [0.05, 0.1) is 0 Å². The van der Waals surface area contributed by atoms with E-state index >= 15 is 0 Å². The Balaban J connectivity index is 2.14. The number of ether oxygens (including phenoxy) is 1. The van der Waals surface area contributed by atoms with Crippen molar-refractivity contribution in [2.24, 2.45) is 5.73 Å². The fourth-order valence-electron chi connectivity index (χ4n) is 1.06. The van der Waals surface area contributed by atoms with Crippen LogP contribution in [0.1, 0.15) is 10.4 Å². The van der Waals surface area contributed by atoms with Gasteiger partial charge in [-0.1, -0.05) is 0 Å². The molecule has 0 saturated heterocycles. The van der Waals surface area contributed by atoms with Crippen molar-refractivity contribution in [1.29, 1.82) is 0 Å². The Morgan fingerprint density at radius 2 is 2.07 bits per heavy atom. The molecule has 0 atom stereocenters. The number of nitrogens with zero attached hydrogens (tertiary/aromatic N) is 1. The molecule has 0 bridgehead atoms. The van der Waals surface area contributed by atoms with Gasteiger partial charge in [0, 0.05) is 5.56 Å². The Labute approximate surface area is 85.5 Å². The van der Waals surface area contributed by atoms with E-state index in [1.807, 2.05) is 0 Å². The first-order valence-electron chi connectivity index (χ1n) is 4.22. The third-order valence-electron chi connectivity index (χ3n) is 1.77. The van der Waals surface area contributed by atoms with Crippen LogP contribution in [0.15, 0.2) is 41.3 Å². The van der Waals surface area contributed by atoms with Crippen molar-refractivity contribution in [1.82, 2.24) is 4.98 Å². The summed E-state index contributed by atoms with van der Waals surface area (Å²) in [6.07, 6.45) is 2.72. The van der Waals surface area contributed by atoms with E-state index in [1.54, 1.807) is 24.3 Å². The minimum atomic E-state index is -0.471. The molecule has 0 saturated carbocycles. The molecule has 0 spiro atoms. The largest absolute Gasteiger partial charge is 0.425 e. The summed E-state index contributed by atoms with van der Waals surface area (Å²) in [5.41, 5.74) is 5.52. The fraction of sp³-hybridized carbons (Fsp3) is 0. The highest BCUT2D eigenvalue weighted by Crippen LogP contribution is 2.20. The van der Waals surface area contributed by atoms with E-state index in [2.05, 4.69) is 4.98 Å². The molecule has 76 valence electrons. The Morgan fingerprint density at radius 3 is 2.60 bits per heavy atom. The van der Waals surface area contributed by atoms with Gasteiger partial charge in [-0.05, 0) is 24.3 Å². The lowest BCUT2D eigenvalue weighted by molar-refractivity contribution is 0.100. The summed E-state index contributed by atoms with van der Waals surface area (Å²) in [6, 6.07) is 6.41. The van der Waals surface area contributed by atoms with Gasteiger partial charge in [0.2, 0.25) is 5.91 Å². The molecule has 2 N–H and O–H groups in total. The number of hydrogen-bond acceptors (Lipinski definition) is 4. The van der Waals surface area contributed by atoms with E-state index < -0.39 is 5.91 Å². The molecule has 1 aromatic carbocycles. The van der Waals surface area contributed by atoms with Crippen LogP contribution in [0.4, 0.5) is 0 Å². The van der Waals surface area contributed by atoms with E-state index in [9.17, 15) is 4.79 Å². The SMILES string of the molecule is NC(=O)c1ccc(Oc2cnco2)cc1. The standard InChI is InChI=1S/C10H8N2O3/c11-10(13)7-1-3-8(4-2-7)15-9-5-12-6-14-9/h1-6H,(H2,11,13). The van der Waals surface area contributed by atoms with Crippen LogP contribution in [0.2, 0.25) is 0 Å². The zero-order valence-corrected chi connectivity index (χ0v) is 7.71. The van der Waals surface area contributed by atoms with E-state index in [0.29, 0.717) is 17.3 Å². The molecule has 0 unspecified atom stereocenters. The Kier molecular flexibility index (Phi) is 2.37. The Hall–Kier alpha value is -2.30. The minimum absolute atomic E-state index is 0.293. The smallest absolute Gasteiger partial charge is 0.310 e. The second-order valence-electron chi connectivity index (χ2n) is 2.81. The minimum Gasteiger partial charge on any atom is -0.425 e. The van der Waals surface area contributed by atoms with Gasteiger partial charge >= 0.3 is 5.95 Å². The number of carbonyl (C=O) groups is 1. The summed E-state index contributed by atoms with van der Waals surface area (Å²) < 4.78 is 10.2. The molecule has 0 radical (unpaired) electrons. The van der Waals surface area contributed by atoms with Crippen molar-refractivity contribution in [3.8, 4) is 11.7 Å². The van der Waals surface area contributed by atoms with E-state index in [4.69, 9.17) is 14.9 Å². The molecular weight excluding hydrogens is 196 g/mol. The molecule has 15 heavy (non-hydrogen) atoms. The van der Waals surface area contributed by atoms with Crippen LogP contribution in [0.25, 0.3) is 0 Å². The zero-order valence-electron chi connectivity index (χ0n) is 7.71. The predicted molar refractivity (Wildman–Crippen MR) is 51.5 cm³/mol. The maximum Gasteiger partial charge on any atom is 0.310 e. The second kappa shape index (κ2) is 3.83. The van der Waals surface area contributed by atoms with Crippen LogP contribution in [0.3, 0.4) is 0 Å². The molecule has 2 aromatic rings. The molecule has 5 nitrogen and oxygen atoms in total. The van der Waals surface area contributed by atoms with Gasteiger partial charge in [-0.3, -0.25) is 4.79 Å². The first kappa shape index (κ1) is 9.26. The number of primary amides is 1. The predicted octanol–water partition coefficient (Wildman–Crippen LogP) is 1.57. The first-order valence-corrected chi connectivity index (χ1v) is 4.22. The number of carbonyl (C=O) groups excluding carboxylic acids is 1. The highest BCUT2D eigenvalue weighted by Gasteiger charge is 2.02. The summed E-state index contributed by atoms with van der Waals surface area (Å²) in [6.45, 7) is 0. The average molecular weight is 204 g/mol. The molecule has 0 aliphatic rings. The normalized spacial score (nSPS) is 9.87. The summed E-state index contributed by atoms with van der Waals surface area (Å²) in [4.78, 5) is 14.5. The number of amides is 1. The third-order valence-corrected chi connectivity index (χ3v) is 1.77. The van der Waals surface area contributed by atoms with Gasteiger partial charge in [0.1, 0.15) is 11.9 Å². The molecule has 1 aromatic heterocycles. The van der Waals surface area contributed by atoms with E-state index in [-0.39, 0.29) is 0 Å². The maximum absolute atomic E-state index is 10.8. The summed E-state index contributed by atoms with van der Waals surface area (Å²) in [7, 11) is 0. The quantitative estimate of drug-likeness (QED) is 0.822. The number of rotatable bonds is 3. The van der Waals surface area contributed by atoms with Crippen molar-refractivity contribution in [2.75, 3.05) is 0 Å². The van der Waals surface area contributed by atoms with Crippen molar-refractivity contribution < 1.29 is 13.9 Å². The fourth-order valence-corrected chi connectivity index (χ4v) is 1.06. The monoisotopic (exact) mass is 204 g/mol. The van der Waals surface area contributed by atoms with E-state index in [0.717, 1.165) is 0 Å². The van der Waals surface area contributed by atoms with Gasteiger partial charge in [0.25, 0.3) is 0 Å². The van der Waals surface area contributed by atoms with Crippen LogP contribution in [-0.2, 0) is 0 Å². The average Bonchev–Trinajstić information content (AvgIpc) is 2.71. The first-order chi connectivity index (χ1) is 7.25. The lowest BCUT2D eigenvalue weighted by atomic mass is 10.2. The number of oxazole rings is 1. The number of hydrogen-bond donors (Lipinski definition) is 1. The van der Waals surface area contributed by atoms with Gasteiger partial charge in [0.15, 0.2) is 6.39 Å².